The minimum atomic E-state index is -3.02. The third kappa shape index (κ3) is 5.05. The number of alkyl halides is 2. The predicted molar refractivity (Wildman–Crippen MR) is 77.3 cm³/mol. The summed E-state index contributed by atoms with van der Waals surface area (Å²) in [7, 11) is 1.20. The fraction of sp³-hybridized carbons (Fsp3) is 0.467. The Balaban J connectivity index is 2.13. The van der Waals surface area contributed by atoms with Crippen LogP contribution in [0.4, 0.5) is 8.78 Å². The van der Waals surface area contributed by atoms with Crippen LogP contribution in [0.1, 0.15) is 16.8 Å². The van der Waals surface area contributed by atoms with Gasteiger partial charge in [0.05, 0.1) is 20.3 Å². The molecule has 1 unspecified atom stereocenters. The molecule has 1 atom stereocenters. The van der Waals surface area contributed by atoms with Gasteiger partial charge in [-0.2, -0.15) is 8.78 Å². The Labute approximate surface area is 136 Å². The molecule has 1 saturated heterocycles. The number of hydrogen-bond acceptors (Lipinski definition) is 6. The van der Waals surface area contributed by atoms with Crippen LogP contribution >= 0.6 is 0 Å². The van der Waals surface area contributed by atoms with Gasteiger partial charge in [-0.25, -0.2) is 0 Å². The largest absolute Gasteiger partial charge is 0.484 e. The van der Waals surface area contributed by atoms with E-state index in [1.807, 2.05) is 0 Å². The van der Waals surface area contributed by atoms with Crippen LogP contribution in [0.2, 0.25) is 0 Å². The molecule has 1 amide bonds. The molecule has 0 aromatic heterocycles. The Hall–Kier alpha value is -2.42. The van der Waals surface area contributed by atoms with Crippen molar-refractivity contribution in [1.82, 2.24) is 5.32 Å². The highest BCUT2D eigenvalue weighted by molar-refractivity contribution is 5.96. The first-order valence-electron chi connectivity index (χ1n) is 7.18. The van der Waals surface area contributed by atoms with Gasteiger partial charge in [-0.1, -0.05) is 0 Å². The van der Waals surface area contributed by atoms with Gasteiger partial charge in [-0.05, 0) is 18.2 Å². The first-order chi connectivity index (χ1) is 11.5. The Morgan fingerprint density at radius 3 is 2.79 bits per heavy atom. The van der Waals surface area contributed by atoms with Crippen LogP contribution in [0.15, 0.2) is 18.2 Å². The summed E-state index contributed by atoms with van der Waals surface area (Å²) in [5, 5.41) is 2.35. The van der Waals surface area contributed by atoms with Crippen molar-refractivity contribution in [1.29, 1.82) is 0 Å². The topological polar surface area (TPSA) is 83.1 Å². The third-order valence-electron chi connectivity index (χ3n) is 3.22. The molecule has 24 heavy (non-hydrogen) atoms. The average molecular weight is 345 g/mol. The molecule has 1 aromatic carbocycles. The van der Waals surface area contributed by atoms with E-state index >= 15 is 0 Å². The predicted octanol–water partition coefficient (Wildman–Crippen LogP) is 1.36. The number of halogens is 2. The van der Waals surface area contributed by atoms with Crippen molar-refractivity contribution < 1.29 is 37.3 Å². The molecule has 0 aliphatic carbocycles. The van der Waals surface area contributed by atoms with Crippen LogP contribution in [0.25, 0.3) is 0 Å². The Morgan fingerprint density at radius 2 is 2.17 bits per heavy atom. The Morgan fingerprint density at radius 1 is 1.38 bits per heavy atom. The zero-order valence-electron chi connectivity index (χ0n) is 12.9. The van der Waals surface area contributed by atoms with Crippen molar-refractivity contribution in [3.8, 4) is 11.5 Å². The summed E-state index contributed by atoms with van der Waals surface area (Å²) < 4.78 is 44.5. The Kier molecular flexibility index (Phi) is 6.30. The quantitative estimate of drug-likeness (QED) is 0.752. The fourth-order valence-electron chi connectivity index (χ4n) is 2.05. The molecule has 0 spiro atoms. The van der Waals surface area contributed by atoms with Gasteiger partial charge >= 0.3 is 12.6 Å². The molecule has 1 heterocycles. The van der Waals surface area contributed by atoms with Crippen LogP contribution in [0.3, 0.4) is 0 Å². The monoisotopic (exact) mass is 345 g/mol. The number of rotatable bonds is 7. The summed E-state index contributed by atoms with van der Waals surface area (Å²) in [6.45, 7) is -2.50. The van der Waals surface area contributed by atoms with E-state index in [9.17, 15) is 18.4 Å². The van der Waals surface area contributed by atoms with Gasteiger partial charge in [0, 0.05) is 12.0 Å². The minimum absolute atomic E-state index is 0.0107. The van der Waals surface area contributed by atoms with Gasteiger partial charge in [-0.3, -0.25) is 9.59 Å². The van der Waals surface area contributed by atoms with E-state index in [0.29, 0.717) is 19.6 Å². The number of carbonyl (C=O) groups is 2. The highest BCUT2D eigenvalue weighted by Crippen LogP contribution is 2.31. The molecule has 1 fully saturated rings. The molecule has 0 bridgehead atoms. The number of ether oxygens (including phenoxy) is 4. The fourth-order valence-corrected chi connectivity index (χ4v) is 2.05. The van der Waals surface area contributed by atoms with Gasteiger partial charge in [-0.15, -0.1) is 0 Å². The highest BCUT2D eigenvalue weighted by Gasteiger charge is 2.21. The normalized spacial score (nSPS) is 16.8. The van der Waals surface area contributed by atoms with Crippen LogP contribution < -0.4 is 14.8 Å². The molecule has 7 nitrogen and oxygen atoms in total. The lowest BCUT2D eigenvalue weighted by Gasteiger charge is -2.16. The van der Waals surface area contributed by atoms with E-state index in [0.717, 1.165) is 0 Å². The van der Waals surface area contributed by atoms with Crippen molar-refractivity contribution in [2.45, 2.75) is 19.1 Å². The number of methoxy groups -OCH3 is 1. The van der Waals surface area contributed by atoms with E-state index in [1.165, 1.54) is 25.3 Å². The maximum atomic E-state index is 12.5. The first kappa shape index (κ1) is 17.9. The number of carbonyl (C=O) groups excluding carboxylic acids is 2. The van der Waals surface area contributed by atoms with Gasteiger partial charge in [0.2, 0.25) is 0 Å². The summed E-state index contributed by atoms with van der Waals surface area (Å²) in [5.74, 6) is -1.35. The Bertz CT molecular complexity index is 589. The van der Waals surface area contributed by atoms with Crippen molar-refractivity contribution in [2.24, 2.45) is 0 Å². The summed E-state index contributed by atoms with van der Waals surface area (Å²) in [5.41, 5.74) is 0.134. The van der Waals surface area contributed by atoms with Crippen LogP contribution in [-0.4, -0.2) is 51.5 Å². The average Bonchev–Trinajstić information content (AvgIpc) is 3.06. The second-order valence-corrected chi connectivity index (χ2v) is 4.90. The lowest BCUT2D eigenvalue weighted by Crippen LogP contribution is -2.30. The molecule has 1 aliphatic heterocycles. The minimum Gasteiger partial charge on any atom is -0.484 e. The van der Waals surface area contributed by atoms with E-state index in [2.05, 4.69) is 14.8 Å². The van der Waals surface area contributed by atoms with Gasteiger partial charge < -0.3 is 24.3 Å². The number of esters is 1. The van der Waals surface area contributed by atoms with Crippen LogP contribution in [-0.2, 0) is 14.3 Å². The molecule has 2 rings (SSSR count). The van der Waals surface area contributed by atoms with Crippen molar-refractivity contribution in [2.75, 3.05) is 26.9 Å². The smallest absolute Gasteiger partial charge is 0.387 e. The van der Waals surface area contributed by atoms with Crippen molar-refractivity contribution in [3.63, 3.8) is 0 Å². The molecular formula is C15H17F2NO6. The van der Waals surface area contributed by atoms with E-state index in [4.69, 9.17) is 9.47 Å². The van der Waals surface area contributed by atoms with E-state index < -0.39 is 18.5 Å². The lowest BCUT2D eigenvalue weighted by atomic mass is 10.2. The molecule has 1 aromatic rings. The maximum Gasteiger partial charge on any atom is 0.387 e. The standard InChI is InChI=1S/C15H17F2NO6/c1-21-13(19)7-18-14(20)9-2-3-11(24-15(16)17)12(6-9)23-10-4-5-22-8-10/h2-3,6,10,15H,4-5,7-8H2,1H3,(H,18,20). The molecule has 0 radical (unpaired) electrons. The second kappa shape index (κ2) is 8.44. The maximum absolute atomic E-state index is 12.5. The zero-order chi connectivity index (χ0) is 17.5. The van der Waals surface area contributed by atoms with Gasteiger partial charge in [0.15, 0.2) is 11.5 Å². The molecule has 1 N–H and O–H groups in total. The van der Waals surface area contributed by atoms with E-state index in [-0.39, 0.29) is 29.7 Å². The zero-order valence-corrected chi connectivity index (χ0v) is 12.9. The van der Waals surface area contributed by atoms with Gasteiger partial charge in [0.25, 0.3) is 5.91 Å². The van der Waals surface area contributed by atoms with Crippen molar-refractivity contribution in [3.05, 3.63) is 23.8 Å². The van der Waals surface area contributed by atoms with Crippen molar-refractivity contribution >= 4 is 11.9 Å². The molecule has 9 heteroatoms. The first-order valence-corrected chi connectivity index (χ1v) is 7.18. The van der Waals surface area contributed by atoms with Crippen LogP contribution in [0, 0.1) is 0 Å². The number of hydrogen-bond donors (Lipinski definition) is 1. The number of nitrogens with one attached hydrogen (secondary N) is 1. The molecule has 0 saturated carbocycles. The molecule has 132 valence electrons. The SMILES string of the molecule is COC(=O)CNC(=O)c1ccc(OC(F)F)c(OC2CCOC2)c1. The summed E-state index contributed by atoms with van der Waals surface area (Å²) in [6.07, 6.45) is 0.297. The molecular weight excluding hydrogens is 328 g/mol. The summed E-state index contributed by atoms with van der Waals surface area (Å²) in [6, 6.07) is 3.79. The second-order valence-electron chi connectivity index (χ2n) is 4.90. The van der Waals surface area contributed by atoms with E-state index in [1.54, 1.807) is 0 Å². The lowest BCUT2D eigenvalue weighted by molar-refractivity contribution is -0.139. The van der Waals surface area contributed by atoms with Gasteiger partial charge in [0.1, 0.15) is 12.6 Å². The van der Waals surface area contributed by atoms with Crippen LogP contribution in [0.5, 0.6) is 11.5 Å². The number of amides is 1. The molecule has 1 aliphatic rings. The third-order valence-corrected chi connectivity index (χ3v) is 3.22. The summed E-state index contributed by atoms with van der Waals surface area (Å²) >= 11 is 0. The summed E-state index contributed by atoms with van der Waals surface area (Å²) in [4.78, 5) is 23.0. The number of benzene rings is 1. The highest BCUT2D eigenvalue weighted by atomic mass is 19.3.